The van der Waals surface area contributed by atoms with Crippen LogP contribution in [0.25, 0.3) is 0 Å². The molecule has 0 aromatic heterocycles. The van der Waals surface area contributed by atoms with Crippen LogP contribution in [0.5, 0.6) is 0 Å². The highest BCUT2D eigenvalue weighted by Gasteiger charge is 2.32. The fourth-order valence-electron chi connectivity index (χ4n) is 2.68. The normalized spacial score (nSPS) is 25.3. The second kappa shape index (κ2) is 6.15. The molecular formula is C14H22N2O. The smallest absolute Gasteiger partial charge is 0.0589 e. The number of likely N-dealkylation sites (tertiary alicyclic amines) is 1. The van der Waals surface area contributed by atoms with Gasteiger partial charge in [-0.25, -0.2) is 0 Å². The standard InChI is InChI=1S/C14H22N2O/c1-17-8-7-16-10-13(9-15)14(11-16)12-5-3-2-4-6-12/h2-6,13-14H,7-11,15H2,1H3/t13-,14+/m1/s1. The average molecular weight is 234 g/mol. The lowest BCUT2D eigenvalue weighted by Crippen LogP contribution is -2.26. The summed E-state index contributed by atoms with van der Waals surface area (Å²) >= 11 is 0. The van der Waals surface area contributed by atoms with Crippen LogP contribution in [0.4, 0.5) is 0 Å². The molecule has 3 nitrogen and oxygen atoms in total. The Bertz CT molecular complexity index is 328. The van der Waals surface area contributed by atoms with Crippen molar-refractivity contribution in [3.05, 3.63) is 35.9 Å². The molecule has 1 aromatic carbocycles. The van der Waals surface area contributed by atoms with Gasteiger partial charge in [0.2, 0.25) is 0 Å². The van der Waals surface area contributed by atoms with E-state index in [1.807, 2.05) is 0 Å². The van der Waals surface area contributed by atoms with Crippen molar-refractivity contribution in [2.45, 2.75) is 5.92 Å². The van der Waals surface area contributed by atoms with Gasteiger partial charge in [-0.1, -0.05) is 30.3 Å². The van der Waals surface area contributed by atoms with Crippen LogP contribution in [0.15, 0.2) is 30.3 Å². The lowest BCUT2D eigenvalue weighted by Gasteiger charge is -2.16. The molecule has 1 heterocycles. The molecule has 0 aliphatic carbocycles. The van der Waals surface area contributed by atoms with Gasteiger partial charge in [0.1, 0.15) is 0 Å². The van der Waals surface area contributed by atoms with Crippen molar-refractivity contribution in [3.63, 3.8) is 0 Å². The maximum atomic E-state index is 5.89. The third-order valence-electron chi connectivity index (χ3n) is 3.66. The first kappa shape index (κ1) is 12.6. The van der Waals surface area contributed by atoms with Crippen molar-refractivity contribution in [1.82, 2.24) is 4.90 Å². The van der Waals surface area contributed by atoms with E-state index in [1.165, 1.54) is 5.56 Å². The van der Waals surface area contributed by atoms with Gasteiger partial charge in [-0.2, -0.15) is 0 Å². The van der Waals surface area contributed by atoms with E-state index in [0.29, 0.717) is 11.8 Å². The Kier molecular flexibility index (Phi) is 4.54. The summed E-state index contributed by atoms with van der Waals surface area (Å²) in [7, 11) is 1.76. The van der Waals surface area contributed by atoms with Gasteiger partial charge in [-0.3, -0.25) is 0 Å². The van der Waals surface area contributed by atoms with Gasteiger partial charge in [0, 0.05) is 32.7 Å². The van der Waals surface area contributed by atoms with Crippen molar-refractivity contribution >= 4 is 0 Å². The molecule has 0 amide bonds. The molecule has 2 rings (SSSR count). The SMILES string of the molecule is COCCN1C[C@@H](CN)[C@H](c2ccccc2)C1. The molecule has 94 valence electrons. The minimum Gasteiger partial charge on any atom is -0.383 e. The summed E-state index contributed by atoms with van der Waals surface area (Å²) in [6.45, 7) is 4.78. The quantitative estimate of drug-likeness (QED) is 0.835. The molecule has 17 heavy (non-hydrogen) atoms. The molecule has 0 spiro atoms. The van der Waals surface area contributed by atoms with Crippen LogP contribution in [0.3, 0.4) is 0 Å². The van der Waals surface area contributed by atoms with Crippen molar-refractivity contribution in [1.29, 1.82) is 0 Å². The number of nitrogens with zero attached hydrogens (tertiary/aromatic N) is 1. The first-order valence-electron chi connectivity index (χ1n) is 6.31. The third kappa shape index (κ3) is 3.06. The van der Waals surface area contributed by atoms with E-state index in [9.17, 15) is 0 Å². The molecule has 2 N–H and O–H groups in total. The first-order valence-corrected chi connectivity index (χ1v) is 6.31. The van der Waals surface area contributed by atoms with Crippen LogP contribution in [0.2, 0.25) is 0 Å². The van der Waals surface area contributed by atoms with E-state index in [2.05, 4.69) is 35.2 Å². The molecular weight excluding hydrogens is 212 g/mol. The van der Waals surface area contributed by atoms with Crippen LogP contribution < -0.4 is 5.73 Å². The molecule has 0 radical (unpaired) electrons. The van der Waals surface area contributed by atoms with Gasteiger partial charge in [-0.15, -0.1) is 0 Å². The number of benzene rings is 1. The number of methoxy groups -OCH3 is 1. The van der Waals surface area contributed by atoms with E-state index in [0.717, 1.165) is 32.8 Å². The topological polar surface area (TPSA) is 38.5 Å². The highest BCUT2D eigenvalue weighted by molar-refractivity contribution is 5.22. The zero-order chi connectivity index (χ0) is 12.1. The van der Waals surface area contributed by atoms with Crippen LogP contribution >= 0.6 is 0 Å². The molecule has 1 saturated heterocycles. The molecule has 1 aliphatic heterocycles. The molecule has 1 aromatic rings. The summed E-state index contributed by atoms with van der Waals surface area (Å²) in [4.78, 5) is 2.46. The van der Waals surface area contributed by atoms with Crippen molar-refractivity contribution < 1.29 is 4.74 Å². The maximum Gasteiger partial charge on any atom is 0.0589 e. The van der Waals surface area contributed by atoms with Gasteiger partial charge >= 0.3 is 0 Å². The Balaban J connectivity index is 2.02. The fourth-order valence-corrected chi connectivity index (χ4v) is 2.68. The first-order chi connectivity index (χ1) is 8.35. The van der Waals surface area contributed by atoms with Gasteiger partial charge in [0.05, 0.1) is 6.61 Å². The number of rotatable bonds is 5. The van der Waals surface area contributed by atoms with Crippen molar-refractivity contribution in [2.24, 2.45) is 11.7 Å². The Morgan fingerprint density at radius 1 is 1.29 bits per heavy atom. The van der Waals surface area contributed by atoms with E-state index in [1.54, 1.807) is 7.11 Å². The number of hydrogen-bond acceptors (Lipinski definition) is 3. The van der Waals surface area contributed by atoms with Gasteiger partial charge in [-0.05, 0) is 18.0 Å². The van der Waals surface area contributed by atoms with Crippen molar-refractivity contribution in [3.8, 4) is 0 Å². The van der Waals surface area contributed by atoms with Crippen LogP contribution in [-0.2, 0) is 4.74 Å². The van der Waals surface area contributed by atoms with E-state index < -0.39 is 0 Å². The summed E-state index contributed by atoms with van der Waals surface area (Å²) < 4.78 is 5.14. The van der Waals surface area contributed by atoms with Crippen molar-refractivity contribution in [2.75, 3.05) is 39.9 Å². The number of nitrogens with two attached hydrogens (primary N) is 1. The summed E-state index contributed by atoms with van der Waals surface area (Å²) in [6.07, 6.45) is 0. The zero-order valence-electron chi connectivity index (χ0n) is 10.5. The summed E-state index contributed by atoms with van der Waals surface area (Å²) in [5.41, 5.74) is 7.31. The number of ether oxygens (including phenoxy) is 1. The largest absolute Gasteiger partial charge is 0.383 e. The molecule has 0 saturated carbocycles. The fraction of sp³-hybridized carbons (Fsp3) is 0.571. The minimum atomic E-state index is 0.578. The lowest BCUT2D eigenvalue weighted by molar-refractivity contribution is 0.158. The van der Waals surface area contributed by atoms with E-state index in [-0.39, 0.29) is 0 Å². The molecule has 2 atom stereocenters. The highest BCUT2D eigenvalue weighted by atomic mass is 16.5. The Morgan fingerprint density at radius 2 is 2.06 bits per heavy atom. The van der Waals surface area contributed by atoms with E-state index in [4.69, 9.17) is 10.5 Å². The van der Waals surface area contributed by atoms with Gasteiger partial charge < -0.3 is 15.4 Å². The summed E-state index contributed by atoms with van der Waals surface area (Å²) in [5, 5.41) is 0. The second-order valence-corrected chi connectivity index (χ2v) is 4.77. The summed E-state index contributed by atoms with van der Waals surface area (Å²) in [5.74, 6) is 1.16. The van der Waals surface area contributed by atoms with Crippen LogP contribution in [0, 0.1) is 5.92 Å². The molecule has 1 aliphatic rings. The Morgan fingerprint density at radius 3 is 2.71 bits per heavy atom. The average Bonchev–Trinajstić information content (AvgIpc) is 2.80. The summed E-state index contributed by atoms with van der Waals surface area (Å²) in [6, 6.07) is 10.7. The molecule has 3 heteroatoms. The van der Waals surface area contributed by atoms with Gasteiger partial charge in [0.15, 0.2) is 0 Å². The predicted octanol–water partition coefficient (Wildman–Crippen LogP) is 1.31. The van der Waals surface area contributed by atoms with Crippen LogP contribution in [0.1, 0.15) is 11.5 Å². The number of hydrogen-bond donors (Lipinski definition) is 1. The molecule has 0 bridgehead atoms. The second-order valence-electron chi connectivity index (χ2n) is 4.77. The predicted molar refractivity (Wildman–Crippen MR) is 70.0 cm³/mol. The monoisotopic (exact) mass is 234 g/mol. The van der Waals surface area contributed by atoms with Crippen LogP contribution in [-0.4, -0.2) is 44.8 Å². The lowest BCUT2D eigenvalue weighted by atomic mass is 9.89. The Labute approximate surface area is 104 Å². The maximum absolute atomic E-state index is 5.89. The highest BCUT2D eigenvalue weighted by Crippen LogP contribution is 2.31. The minimum absolute atomic E-state index is 0.578. The van der Waals surface area contributed by atoms with E-state index >= 15 is 0 Å². The molecule has 1 fully saturated rings. The molecule has 0 unspecified atom stereocenters. The third-order valence-corrected chi connectivity index (χ3v) is 3.66. The Hall–Kier alpha value is -0.900. The van der Waals surface area contributed by atoms with Gasteiger partial charge in [0.25, 0.3) is 0 Å². The zero-order valence-corrected chi connectivity index (χ0v) is 10.5.